The molecule has 0 bridgehead atoms. The Hall–Kier alpha value is -3.38. The van der Waals surface area contributed by atoms with Crippen LogP contribution in [0.5, 0.6) is 5.75 Å². The number of anilines is 1. The minimum absolute atomic E-state index is 0.205. The normalized spacial score (nSPS) is 10.6. The lowest BCUT2D eigenvalue weighted by Crippen LogP contribution is -2.13. The molecule has 0 aliphatic rings. The van der Waals surface area contributed by atoms with E-state index in [1.54, 1.807) is 12.1 Å². The molecule has 0 radical (unpaired) electrons. The van der Waals surface area contributed by atoms with Crippen LogP contribution in [-0.2, 0) is 13.2 Å². The van der Waals surface area contributed by atoms with Crippen LogP contribution in [0.15, 0.2) is 89.5 Å². The number of aromatic nitrogens is 2. The summed E-state index contributed by atoms with van der Waals surface area (Å²) in [6.45, 7) is 3.08. The van der Waals surface area contributed by atoms with Gasteiger partial charge in [0.15, 0.2) is 5.82 Å². The molecule has 4 aromatic rings. The summed E-state index contributed by atoms with van der Waals surface area (Å²) in [6.07, 6.45) is 1.86. The van der Waals surface area contributed by atoms with Gasteiger partial charge in [0.1, 0.15) is 12.4 Å². The SMILES string of the molecule is Cc1ccc(Cn2ccc(NC(=O)c3cccc(COc4ccccc4Br)c3)n2)cc1. The van der Waals surface area contributed by atoms with Crippen LogP contribution in [0.25, 0.3) is 0 Å². The fourth-order valence-electron chi connectivity index (χ4n) is 3.11. The maximum Gasteiger partial charge on any atom is 0.256 e. The molecule has 31 heavy (non-hydrogen) atoms. The molecule has 0 aliphatic carbocycles. The smallest absolute Gasteiger partial charge is 0.256 e. The van der Waals surface area contributed by atoms with E-state index in [-0.39, 0.29) is 5.91 Å². The standard InChI is InChI=1S/C25H22BrN3O2/c1-18-9-11-19(12-10-18)16-29-14-13-24(28-29)27-25(30)21-6-4-5-20(15-21)17-31-23-8-3-2-7-22(23)26/h2-15H,16-17H2,1H3,(H,27,28,30). The van der Waals surface area contributed by atoms with Gasteiger partial charge in [0, 0.05) is 17.8 Å². The second kappa shape index (κ2) is 9.62. The number of ether oxygens (including phenoxy) is 1. The Labute approximate surface area is 189 Å². The number of amides is 1. The Morgan fingerprint density at radius 2 is 1.81 bits per heavy atom. The second-order valence-corrected chi connectivity index (χ2v) is 8.11. The minimum Gasteiger partial charge on any atom is -0.488 e. The van der Waals surface area contributed by atoms with Gasteiger partial charge in [0.05, 0.1) is 11.0 Å². The first kappa shape index (κ1) is 20.9. The predicted molar refractivity (Wildman–Crippen MR) is 125 cm³/mol. The molecule has 1 N–H and O–H groups in total. The fraction of sp³-hybridized carbons (Fsp3) is 0.120. The topological polar surface area (TPSA) is 56.2 Å². The van der Waals surface area contributed by atoms with Crippen LogP contribution >= 0.6 is 15.9 Å². The minimum atomic E-state index is -0.205. The van der Waals surface area contributed by atoms with Crippen molar-refractivity contribution in [1.29, 1.82) is 0 Å². The Morgan fingerprint density at radius 1 is 1.00 bits per heavy atom. The lowest BCUT2D eigenvalue weighted by atomic mass is 10.1. The zero-order valence-electron chi connectivity index (χ0n) is 17.1. The number of para-hydroxylation sites is 1. The molecule has 0 atom stereocenters. The molecule has 0 aliphatic heterocycles. The zero-order valence-corrected chi connectivity index (χ0v) is 18.7. The Bertz CT molecular complexity index is 1190. The van der Waals surface area contributed by atoms with E-state index in [1.807, 2.05) is 53.3 Å². The van der Waals surface area contributed by atoms with E-state index in [4.69, 9.17) is 4.74 Å². The lowest BCUT2D eigenvalue weighted by molar-refractivity contribution is 0.102. The van der Waals surface area contributed by atoms with Crippen molar-refractivity contribution in [3.05, 3.63) is 112 Å². The lowest BCUT2D eigenvalue weighted by Gasteiger charge is -2.09. The predicted octanol–water partition coefficient (Wildman–Crippen LogP) is 5.83. The quantitative estimate of drug-likeness (QED) is 0.365. The van der Waals surface area contributed by atoms with Gasteiger partial charge in [-0.15, -0.1) is 0 Å². The van der Waals surface area contributed by atoms with Crippen LogP contribution < -0.4 is 10.1 Å². The molecule has 3 aromatic carbocycles. The summed E-state index contributed by atoms with van der Waals surface area (Å²) in [4.78, 5) is 12.7. The number of rotatable bonds is 7. The van der Waals surface area contributed by atoms with Crippen LogP contribution in [0.1, 0.15) is 27.0 Å². The summed E-state index contributed by atoms with van der Waals surface area (Å²) in [5, 5.41) is 7.32. The summed E-state index contributed by atoms with van der Waals surface area (Å²) >= 11 is 3.47. The highest BCUT2D eigenvalue weighted by Crippen LogP contribution is 2.24. The Balaban J connectivity index is 1.37. The molecule has 0 saturated heterocycles. The van der Waals surface area contributed by atoms with Gasteiger partial charge in [-0.05, 0) is 58.2 Å². The number of hydrogen-bond donors (Lipinski definition) is 1. The van der Waals surface area contributed by atoms with Crippen molar-refractivity contribution in [3.8, 4) is 5.75 Å². The summed E-state index contributed by atoms with van der Waals surface area (Å²) in [7, 11) is 0. The monoisotopic (exact) mass is 475 g/mol. The maximum atomic E-state index is 12.7. The number of nitrogens with zero attached hydrogens (tertiary/aromatic N) is 2. The largest absolute Gasteiger partial charge is 0.488 e. The van der Waals surface area contributed by atoms with E-state index in [0.29, 0.717) is 24.5 Å². The van der Waals surface area contributed by atoms with Crippen LogP contribution in [-0.4, -0.2) is 15.7 Å². The van der Waals surface area contributed by atoms with Crippen LogP contribution in [0.4, 0.5) is 5.82 Å². The molecule has 6 heteroatoms. The number of carbonyl (C=O) groups is 1. The van der Waals surface area contributed by atoms with Crippen molar-refractivity contribution in [2.24, 2.45) is 0 Å². The molecular formula is C25H22BrN3O2. The third-order valence-corrected chi connectivity index (χ3v) is 5.42. The molecule has 0 fully saturated rings. The van der Waals surface area contributed by atoms with Gasteiger partial charge < -0.3 is 10.1 Å². The van der Waals surface area contributed by atoms with Gasteiger partial charge in [-0.3, -0.25) is 9.48 Å². The van der Waals surface area contributed by atoms with Gasteiger partial charge in [0.25, 0.3) is 5.91 Å². The van der Waals surface area contributed by atoms with E-state index in [1.165, 1.54) is 5.56 Å². The van der Waals surface area contributed by atoms with Gasteiger partial charge in [-0.2, -0.15) is 5.10 Å². The molecule has 1 amide bonds. The number of benzene rings is 3. The van der Waals surface area contributed by atoms with Crippen molar-refractivity contribution >= 4 is 27.7 Å². The third kappa shape index (κ3) is 5.61. The van der Waals surface area contributed by atoms with Gasteiger partial charge in [0.2, 0.25) is 0 Å². The first-order valence-electron chi connectivity index (χ1n) is 9.93. The fourth-order valence-corrected chi connectivity index (χ4v) is 3.51. The van der Waals surface area contributed by atoms with Crippen molar-refractivity contribution in [3.63, 3.8) is 0 Å². The van der Waals surface area contributed by atoms with Crippen molar-refractivity contribution < 1.29 is 9.53 Å². The number of aryl methyl sites for hydroxylation is 1. The first-order chi connectivity index (χ1) is 15.1. The van der Waals surface area contributed by atoms with Gasteiger partial charge in [-0.1, -0.05) is 54.1 Å². The Kier molecular flexibility index (Phi) is 6.48. The average Bonchev–Trinajstić information content (AvgIpc) is 3.21. The number of hydrogen-bond acceptors (Lipinski definition) is 3. The molecule has 5 nitrogen and oxygen atoms in total. The molecular weight excluding hydrogens is 454 g/mol. The highest BCUT2D eigenvalue weighted by Gasteiger charge is 2.10. The Morgan fingerprint density at radius 3 is 2.61 bits per heavy atom. The summed E-state index contributed by atoms with van der Waals surface area (Å²) < 4.78 is 8.55. The molecule has 1 aromatic heterocycles. The summed E-state index contributed by atoms with van der Waals surface area (Å²) in [5.74, 6) is 1.08. The molecule has 0 spiro atoms. The molecule has 0 unspecified atom stereocenters. The van der Waals surface area contributed by atoms with E-state index in [9.17, 15) is 4.79 Å². The number of nitrogens with one attached hydrogen (secondary N) is 1. The summed E-state index contributed by atoms with van der Waals surface area (Å²) in [5.41, 5.74) is 3.85. The third-order valence-electron chi connectivity index (χ3n) is 4.77. The molecule has 156 valence electrons. The van der Waals surface area contributed by atoms with E-state index >= 15 is 0 Å². The molecule has 0 saturated carbocycles. The second-order valence-electron chi connectivity index (χ2n) is 7.26. The van der Waals surface area contributed by atoms with Crippen LogP contribution in [0, 0.1) is 6.92 Å². The summed E-state index contributed by atoms with van der Waals surface area (Å²) in [6, 6.07) is 25.2. The first-order valence-corrected chi connectivity index (χ1v) is 10.7. The van der Waals surface area contributed by atoms with Crippen molar-refractivity contribution in [2.75, 3.05) is 5.32 Å². The van der Waals surface area contributed by atoms with E-state index < -0.39 is 0 Å². The average molecular weight is 476 g/mol. The zero-order chi connectivity index (χ0) is 21.6. The maximum absolute atomic E-state index is 12.7. The highest BCUT2D eigenvalue weighted by molar-refractivity contribution is 9.10. The van der Waals surface area contributed by atoms with Gasteiger partial charge in [-0.25, -0.2) is 0 Å². The number of carbonyl (C=O) groups excluding carboxylic acids is 1. The van der Waals surface area contributed by atoms with Gasteiger partial charge >= 0.3 is 0 Å². The highest BCUT2D eigenvalue weighted by atomic mass is 79.9. The molecule has 4 rings (SSSR count). The molecule has 1 heterocycles. The van der Waals surface area contributed by atoms with Crippen molar-refractivity contribution in [1.82, 2.24) is 9.78 Å². The van der Waals surface area contributed by atoms with E-state index in [2.05, 4.69) is 57.5 Å². The van der Waals surface area contributed by atoms with Crippen molar-refractivity contribution in [2.45, 2.75) is 20.1 Å². The van der Waals surface area contributed by atoms with Crippen LogP contribution in [0.2, 0.25) is 0 Å². The van der Waals surface area contributed by atoms with Crippen LogP contribution in [0.3, 0.4) is 0 Å². The number of halogens is 1. The van der Waals surface area contributed by atoms with E-state index in [0.717, 1.165) is 21.3 Å².